The number of nitrogens with zero attached hydrogens (tertiary/aromatic N) is 4. The van der Waals surface area contributed by atoms with Gasteiger partial charge in [0.25, 0.3) is 0 Å². The highest BCUT2D eigenvalue weighted by Gasteiger charge is 2.25. The molecule has 0 radical (unpaired) electrons. The third kappa shape index (κ3) is 4.64. The molecular weight excluding hydrogens is 388 g/mol. The number of Topliss-reactive ketones (excluding diaryl/α,β-unsaturated/α-hetero) is 1. The fourth-order valence-corrected chi connectivity index (χ4v) is 4.42. The van der Waals surface area contributed by atoms with E-state index in [4.69, 9.17) is 0 Å². The van der Waals surface area contributed by atoms with Crippen LogP contribution in [-0.2, 0) is 11.8 Å². The average molecular weight is 421 g/mol. The summed E-state index contributed by atoms with van der Waals surface area (Å²) >= 11 is 0. The van der Waals surface area contributed by atoms with Crippen LogP contribution in [0.4, 0.5) is 5.82 Å². The van der Waals surface area contributed by atoms with Gasteiger partial charge in [-0.15, -0.1) is 0 Å². The van der Waals surface area contributed by atoms with Crippen LogP contribution in [0.2, 0.25) is 0 Å². The van der Waals surface area contributed by atoms with Crippen molar-refractivity contribution in [1.82, 2.24) is 14.6 Å². The van der Waals surface area contributed by atoms with Crippen molar-refractivity contribution in [3.8, 4) is 0 Å². The van der Waals surface area contributed by atoms with Crippen molar-refractivity contribution in [2.24, 2.45) is 0 Å². The number of piperidine rings is 1. The van der Waals surface area contributed by atoms with E-state index in [1.54, 1.807) is 6.20 Å². The van der Waals surface area contributed by atoms with E-state index < -0.39 is 0 Å². The molecule has 1 fully saturated rings. The first kappa shape index (κ1) is 21.5. The predicted molar refractivity (Wildman–Crippen MR) is 123 cm³/mol. The minimum Gasteiger partial charge on any atom is -0.396 e. The SMILES string of the molecule is CC(C)(C)c1ccc(C(=O)Cc2cc(N3CCCCC3CCO)n3nccc3n2)cc1. The summed E-state index contributed by atoms with van der Waals surface area (Å²) in [4.78, 5) is 20.0. The first-order chi connectivity index (χ1) is 14.9. The number of aliphatic hydroxyl groups excluding tert-OH is 1. The lowest BCUT2D eigenvalue weighted by molar-refractivity contribution is 0.0992. The fraction of sp³-hybridized carbons (Fsp3) is 0.480. The second-order valence-electron chi connectivity index (χ2n) is 9.49. The average Bonchev–Trinajstić information content (AvgIpc) is 3.22. The highest BCUT2D eigenvalue weighted by molar-refractivity contribution is 5.97. The summed E-state index contributed by atoms with van der Waals surface area (Å²) in [5.41, 5.74) is 3.48. The van der Waals surface area contributed by atoms with Crippen LogP contribution in [0.15, 0.2) is 42.6 Å². The molecule has 6 heteroatoms. The lowest BCUT2D eigenvalue weighted by Gasteiger charge is -2.37. The molecule has 0 bridgehead atoms. The Balaban J connectivity index is 1.62. The highest BCUT2D eigenvalue weighted by atomic mass is 16.3. The predicted octanol–water partition coefficient (Wildman–Crippen LogP) is 4.19. The zero-order valence-corrected chi connectivity index (χ0v) is 18.7. The molecule has 1 saturated heterocycles. The van der Waals surface area contributed by atoms with Gasteiger partial charge in [0.2, 0.25) is 0 Å². The number of aromatic nitrogens is 3. The molecule has 1 atom stereocenters. The number of fused-ring (bicyclic) bond motifs is 1. The molecule has 1 aliphatic rings. The second-order valence-corrected chi connectivity index (χ2v) is 9.49. The number of benzene rings is 1. The monoisotopic (exact) mass is 420 g/mol. The van der Waals surface area contributed by atoms with Gasteiger partial charge in [-0.25, -0.2) is 4.98 Å². The van der Waals surface area contributed by atoms with Crippen LogP contribution in [0.5, 0.6) is 0 Å². The topological polar surface area (TPSA) is 70.7 Å². The third-order valence-electron chi connectivity index (χ3n) is 6.19. The summed E-state index contributed by atoms with van der Waals surface area (Å²) in [6.07, 6.45) is 6.07. The van der Waals surface area contributed by atoms with Gasteiger partial charge in [-0.1, -0.05) is 45.0 Å². The maximum atomic E-state index is 13.0. The molecule has 6 nitrogen and oxygen atoms in total. The van der Waals surface area contributed by atoms with Gasteiger partial charge in [0.15, 0.2) is 11.4 Å². The van der Waals surface area contributed by atoms with E-state index in [0.717, 1.165) is 43.0 Å². The Labute approximate surface area is 183 Å². The molecule has 3 heterocycles. The molecule has 0 aliphatic carbocycles. The fourth-order valence-electron chi connectivity index (χ4n) is 4.42. The number of hydrogen-bond acceptors (Lipinski definition) is 5. The van der Waals surface area contributed by atoms with Gasteiger partial charge in [-0.05, 0) is 36.7 Å². The van der Waals surface area contributed by atoms with Crippen molar-refractivity contribution in [3.05, 3.63) is 59.4 Å². The largest absolute Gasteiger partial charge is 0.396 e. The van der Waals surface area contributed by atoms with Crippen LogP contribution in [0.1, 0.15) is 68.1 Å². The van der Waals surface area contributed by atoms with Crippen LogP contribution in [0.3, 0.4) is 0 Å². The van der Waals surface area contributed by atoms with Crippen LogP contribution in [-0.4, -0.2) is 44.7 Å². The molecule has 1 aliphatic heterocycles. The second kappa shape index (κ2) is 8.79. The molecule has 164 valence electrons. The number of hydrogen-bond donors (Lipinski definition) is 1. The van der Waals surface area contributed by atoms with E-state index >= 15 is 0 Å². The van der Waals surface area contributed by atoms with E-state index in [-0.39, 0.29) is 30.3 Å². The molecule has 31 heavy (non-hydrogen) atoms. The maximum Gasteiger partial charge on any atom is 0.168 e. The number of carbonyl (C=O) groups excluding carboxylic acids is 1. The van der Waals surface area contributed by atoms with Gasteiger partial charge >= 0.3 is 0 Å². The quantitative estimate of drug-likeness (QED) is 0.606. The molecule has 3 aromatic rings. The van der Waals surface area contributed by atoms with E-state index in [2.05, 4.69) is 35.8 Å². The van der Waals surface area contributed by atoms with Crippen LogP contribution in [0, 0.1) is 0 Å². The molecule has 1 unspecified atom stereocenters. The lowest BCUT2D eigenvalue weighted by atomic mass is 9.86. The Kier molecular flexibility index (Phi) is 6.10. The van der Waals surface area contributed by atoms with Gasteiger partial charge in [0, 0.05) is 36.9 Å². The Morgan fingerprint density at radius 2 is 1.94 bits per heavy atom. The Bertz CT molecular complexity index is 1050. The summed E-state index contributed by atoms with van der Waals surface area (Å²) in [7, 11) is 0. The van der Waals surface area contributed by atoms with Gasteiger partial charge in [-0.3, -0.25) is 4.79 Å². The number of carbonyl (C=O) groups is 1. The van der Waals surface area contributed by atoms with E-state index in [0.29, 0.717) is 5.56 Å². The zero-order valence-electron chi connectivity index (χ0n) is 18.7. The van der Waals surface area contributed by atoms with Gasteiger partial charge in [0.1, 0.15) is 5.82 Å². The van der Waals surface area contributed by atoms with Crippen molar-refractivity contribution in [2.45, 2.75) is 64.3 Å². The number of anilines is 1. The normalized spacial score (nSPS) is 17.3. The number of ketones is 1. The van der Waals surface area contributed by atoms with Crippen molar-refractivity contribution in [1.29, 1.82) is 0 Å². The zero-order chi connectivity index (χ0) is 22.0. The molecule has 0 spiro atoms. The number of aliphatic hydroxyl groups is 1. The molecule has 4 rings (SSSR count). The minimum atomic E-state index is 0.0601. The minimum absolute atomic E-state index is 0.0601. The highest BCUT2D eigenvalue weighted by Crippen LogP contribution is 2.28. The molecule has 1 aromatic carbocycles. The van der Waals surface area contributed by atoms with Crippen molar-refractivity contribution < 1.29 is 9.90 Å². The Hall–Kier alpha value is -2.73. The molecule has 2 aromatic heterocycles. The van der Waals surface area contributed by atoms with E-state index in [1.807, 2.05) is 40.9 Å². The first-order valence-electron chi connectivity index (χ1n) is 11.2. The van der Waals surface area contributed by atoms with Crippen molar-refractivity contribution in [2.75, 3.05) is 18.1 Å². The third-order valence-corrected chi connectivity index (χ3v) is 6.19. The summed E-state index contributed by atoms with van der Waals surface area (Å²) in [5.74, 6) is 1.02. The number of rotatable bonds is 6. The summed E-state index contributed by atoms with van der Waals surface area (Å²) < 4.78 is 1.85. The standard InChI is InChI=1S/C25H32N4O2/c1-25(2,3)19-9-7-18(8-10-19)22(31)16-20-17-24(29-23(27-20)11-13-26-29)28-14-5-4-6-21(28)12-15-30/h7-11,13,17,21,30H,4-6,12,14-16H2,1-3H3. The van der Waals surface area contributed by atoms with Gasteiger partial charge in [0.05, 0.1) is 18.3 Å². The summed E-state index contributed by atoms with van der Waals surface area (Å²) in [5, 5.41) is 14.0. The van der Waals surface area contributed by atoms with Crippen molar-refractivity contribution >= 4 is 17.2 Å². The van der Waals surface area contributed by atoms with Gasteiger partial charge in [-0.2, -0.15) is 9.61 Å². The lowest BCUT2D eigenvalue weighted by Crippen LogP contribution is -2.41. The van der Waals surface area contributed by atoms with Gasteiger partial charge < -0.3 is 10.0 Å². The van der Waals surface area contributed by atoms with Crippen LogP contribution in [0.25, 0.3) is 5.65 Å². The maximum absolute atomic E-state index is 13.0. The molecular formula is C25H32N4O2. The first-order valence-corrected chi connectivity index (χ1v) is 11.2. The van der Waals surface area contributed by atoms with Crippen LogP contribution < -0.4 is 4.90 Å². The molecule has 1 N–H and O–H groups in total. The summed E-state index contributed by atoms with van der Waals surface area (Å²) in [6, 6.07) is 12.1. The van der Waals surface area contributed by atoms with E-state index in [1.165, 1.54) is 12.0 Å². The van der Waals surface area contributed by atoms with Crippen molar-refractivity contribution in [3.63, 3.8) is 0 Å². The smallest absolute Gasteiger partial charge is 0.168 e. The van der Waals surface area contributed by atoms with Crippen LogP contribution >= 0.6 is 0 Å². The van der Waals surface area contributed by atoms with E-state index in [9.17, 15) is 9.90 Å². The summed E-state index contributed by atoms with van der Waals surface area (Å²) in [6.45, 7) is 7.60. The molecule has 0 saturated carbocycles. The molecule has 0 amide bonds. The Morgan fingerprint density at radius 1 is 1.16 bits per heavy atom. The Morgan fingerprint density at radius 3 is 2.65 bits per heavy atom.